The van der Waals surface area contributed by atoms with Crippen LogP contribution in [-0.2, 0) is 11.3 Å². The van der Waals surface area contributed by atoms with Gasteiger partial charge in [0.05, 0.1) is 18.3 Å². The molecule has 154 valence electrons. The average Bonchev–Trinajstić information content (AvgIpc) is 3.13. The number of aliphatic hydroxyl groups is 1. The van der Waals surface area contributed by atoms with E-state index in [1.807, 2.05) is 18.2 Å². The highest BCUT2D eigenvalue weighted by atomic mass is 16.5. The first-order valence-corrected chi connectivity index (χ1v) is 10.4. The summed E-state index contributed by atoms with van der Waals surface area (Å²) in [7, 11) is 1.62. The van der Waals surface area contributed by atoms with Crippen LogP contribution in [-0.4, -0.2) is 61.2 Å². The van der Waals surface area contributed by atoms with Crippen LogP contribution in [0.1, 0.15) is 38.2 Å². The van der Waals surface area contributed by atoms with Crippen molar-refractivity contribution < 1.29 is 14.4 Å². The Labute approximate surface area is 168 Å². The summed E-state index contributed by atoms with van der Waals surface area (Å²) in [5.74, 6) is 0.890. The quantitative estimate of drug-likeness (QED) is 0.673. The lowest BCUT2D eigenvalue weighted by molar-refractivity contribution is 0.0358. The van der Waals surface area contributed by atoms with Gasteiger partial charge in [0.2, 0.25) is 5.88 Å². The molecule has 0 aliphatic carbocycles. The number of methoxy groups -OCH3 is 1. The maximum absolute atomic E-state index is 10.3. The topological polar surface area (TPSA) is 62.0 Å². The Balaban J connectivity index is 1.89. The molecule has 1 saturated heterocycles. The molecule has 6 heteroatoms. The van der Waals surface area contributed by atoms with Gasteiger partial charge in [0, 0.05) is 38.9 Å². The summed E-state index contributed by atoms with van der Waals surface area (Å²) in [6.07, 6.45) is 4.16. The maximum atomic E-state index is 10.3. The molecule has 3 rings (SSSR count). The second-order valence-corrected chi connectivity index (χ2v) is 7.57. The van der Waals surface area contributed by atoms with Crippen LogP contribution < -0.4 is 4.90 Å². The summed E-state index contributed by atoms with van der Waals surface area (Å²) in [4.78, 5) is 4.60. The Bertz CT molecular complexity index is 698. The minimum absolute atomic E-state index is 0.342. The first kappa shape index (κ1) is 20.8. The zero-order valence-corrected chi connectivity index (χ0v) is 17.1. The van der Waals surface area contributed by atoms with Gasteiger partial charge < -0.3 is 19.3 Å². The number of rotatable bonds is 10. The summed E-state index contributed by atoms with van der Waals surface area (Å²) < 4.78 is 11.0. The summed E-state index contributed by atoms with van der Waals surface area (Å²) in [6.45, 7) is 6.70. The van der Waals surface area contributed by atoms with Gasteiger partial charge in [-0.1, -0.05) is 42.4 Å². The predicted octanol–water partition coefficient (Wildman–Crippen LogP) is 3.55. The molecule has 1 fully saturated rings. The van der Waals surface area contributed by atoms with Crippen molar-refractivity contribution in [3.8, 4) is 11.3 Å². The zero-order chi connectivity index (χ0) is 19.8. The van der Waals surface area contributed by atoms with Crippen molar-refractivity contribution >= 4 is 5.88 Å². The summed E-state index contributed by atoms with van der Waals surface area (Å²) >= 11 is 0. The number of ether oxygens (including phenoxy) is 1. The van der Waals surface area contributed by atoms with Crippen LogP contribution in [0.5, 0.6) is 0 Å². The third kappa shape index (κ3) is 5.34. The van der Waals surface area contributed by atoms with Gasteiger partial charge in [0.25, 0.3) is 0 Å². The first-order chi connectivity index (χ1) is 13.7. The van der Waals surface area contributed by atoms with Gasteiger partial charge in [-0.3, -0.25) is 4.90 Å². The van der Waals surface area contributed by atoms with Gasteiger partial charge in [-0.25, -0.2) is 0 Å². The maximum Gasteiger partial charge on any atom is 0.232 e. The highest BCUT2D eigenvalue weighted by Gasteiger charge is 2.25. The van der Waals surface area contributed by atoms with Crippen molar-refractivity contribution in [2.24, 2.45) is 0 Å². The number of hydrogen-bond donors (Lipinski definition) is 1. The standard InChI is InChI=1S/C22H33N3O3/c1-3-12-24(15-19(26)17-27-2)16-20-21(18-10-6-4-7-11-18)23-28-22(20)25-13-8-5-9-14-25/h4,6-7,10-11,19,26H,3,5,8-9,12-17H2,1-2H3/t19-/m1/s1. The van der Waals surface area contributed by atoms with E-state index in [9.17, 15) is 5.11 Å². The van der Waals surface area contributed by atoms with Crippen LogP contribution in [0.25, 0.3) is 11.3 Å². The van der Waals surface area contributed by atoms with E-state index in [1.54, 1.807) is 7.11 Å². The van der Waals surface area contributed by atoms with Crippen molar-refractivity contribution in [2.45, 2.75) is 45.3 Å². The average molecular weight is 388 g/mol. The SMILES string of the molecule is CCCN(Cc1c(-c2ccccc2)noc1N1CCCCC1)C[C@@H](O)COC. The van der Waals surface area contributed by atoms with Crippen molar-refractivity contribution in [2.75, 3.05) is 44.8 Å². The normalized spacial score (nSPS) is 15.9. The molecule has 0 radical (unpaired) electrons. The van der Waals surface area contributed by atoms with Gasteiger partial charge in [-0.2, -0.15) is 0 Å². The molecule has 0 saturated carbocycles. The van der Waals surface area contributed by atoms with Gasteiger partial charge in [0.15, 0.2) is 0 Å². The third-order valence-corrected chi connectivity index (χ3v) is 5.21. The molecule has 28 heavy (non-hydrogen) atoms. The van der Waals surface area contributed by atoms with Gasteiger partial charge in [-0.15, -0.1) is 0 Å². The second-order valence-electron chi connectivity index (χ2n) is 7.57. The van der Waals surface area contributed by atoms with Crippen molar-refractivity contribution in [1.29, 1.82) is 0 Å². The minimum atomic E-state index is -0.505. The lowest BCUT2D eigenvalue weighted by Gasteiger charge is -2.29. The molecule has 6 nitrogen and oxygen atoms in total. The van der Waals surface area contributed by atoms with E-state index in [2.05, 4.69) is 34.0 Å². The molecule has 1 atom stereocenters. The van der Waals surface area contributed by atoms with Crippen LogP contribution in [0.15, 0.2) is 34.9 Å². The molecule has 1 aromatic carbocycles. The number of anilines is 1. The number of aliphatic hydroxyl groups excluding tert-OH is 1. The van der Waals surface area contributed by atoms with E-state index in [0.717, 1.165) is 48.8 Å². The fraction of sp³-hybridized carbons (Fsp3) is 0.591. The van der Waals surface area contributed by atoms with Crippen molar-refractivity contribution in [3.05, 3.63) is 35.9 Å². The van der Waals surface area contributed by atoms with E-state index >= 15 is 0 Å². The lowest BCUT2D eigenvalue weighted by atomic mass is 10.1. The third-order valence-electron chi connectivity index (χ3n) is 5.21. The van der Waals surface area contributed by atoms with Crippen LogP contribution >= 0.6 is 0 Å². The fourth-order valence-corrected chi connectivity index (χ4v) is 3.93. The molecule has 1 aromatic heterocycles. The Morgan fingerprint density at radius 3 is 2.64 bits per heavy atom. The zero-order valence-electron chi connectivity index (χ0n) is 17.1. The number of piperidine rings is 1. The number of benzene rings is 1. The van der Waals surface area contributed by atoms with Crippen LogP contribution in [0.4, 0.5) is 5.88 Å². The van der Waals surface area contributed by atoms with E-state index in [4.69, 9.17) is 9.26 Å². The highest BCUT2D eigenvalue weighted by Crippen LogP contribution is 2.33. The monoisotopic (exact) mass is 387 g/mol. The number of nitrogens with zero attached hydrogens (tertiary/aromatic N) is 3. The highest BCUT2D eigenvalue weighted by molar-refractivity contribution is 5.68. The van der Waals surface area contributed by atoms with Crippen LogP contribution in [0.3, 0.4) is 0 Å². The number of aromatic nitrogens is 1. The predicted molar refractivity (Wildman–Crippen MR) is 111 cm³/mol. The fourth-order valence-electron chi connectivity index (χ4n) is 3.93. The molecule has 1 aliphatic rings. The Morgan fingerprint density at radius 2 is 1.96 bits per heavy atom. The van der Waals surface area contributed by atoms with Crippen molar-refractivity contribution in [1.82, 2.24) is 10.1 Å². The van der Waals surface area contributed by atoms with Crippen molar-refractivity contribution in [3.63, 3.8) is 0 Å². The smallest absolute Gasteiger partial charge is 0.232 e. The van der Waals surface area contributed by atoms with Crippen LogP contribution in [0.2, 0.25) is 0 Å². The summed E-state index contributed by atoms with van der Waals surface area (Å²) in [5, 5.41) is 14.7. The molecule has 0 unspecified atom stereocenters. The second kappa shape index (κ2) is 10.6. The lowest BCUT2D eigenvalue weighted by Crippen LogP contribution is -2.36. The molecule has 2 heterocycles. The number of hydrogen-bond acceptors (Lipinski definition) is 6. The van der Waals surface area contributed by atoms with Crippen LogP contribution in [0, 0.1) is 0 Å². The van der Waals surface area contributed by atoms with E-state index in [0.29, 0.717) is 19.7 Å². The molecular weight excluding hydrogens is 354 g/mol. The largest absolute Gasteiger partial charge is 0.389 e. The molecule has 0 spiro atoms. The molecular formula is C22H33N3O3. The molecule has 2 aromatic rings. The Kier molecular flexibility index (Phi) is 7.89. The molecule has 1 N–H and O–H groups in total. The summed E-state index contributed by atoms with van der Waals surface area (Å²) in [5.41, 5.74) is 3.09. The van der Waals surface area contributed by atoms with Gasteiger partial charge >= 0.3 is 0 Å². The first-order valence-electron chi connectivity index (χ1n) is 10.4. The molecule has 1 aliphatic heterocycles. The van der Waals surface area contributed by atoms with E-state index < -0.39 is 6.10 Å². The minimum Gasteiger partial charge on any atom is -0.389 e. The molecule has 0 bridgehead atoms. The molecule has 0 amide bonds. The summed E-state index contributed by atoms with van der Waals surface area (Å²) in [6, 6.07) is 10.2. The van der Waals surface area contributed by atoms with E-state index in [1.165, 1.54) is 19.3 Å². The van der Waals surface area contributed by atoms with Gasteiger partial charge in [0.1, 0.15) is 5.69 Å². The van der Waals surface area contributed by atoms with E-state index in [-0.39, 0.29) is 0 Å². The van der Waals surface area contributed by atoms with Gasteiger partial charge in [-0.05, 0) is 32.2 Å². The Morgan fingerprint density at radius 1 is 1.21 bits per heavy atom. The Hall–Kier alpha value is -1.89.